The Morgan fingerprint density at radius 3 is 2.39 bits per heavy atom. The van der Waals surface area contributed by atoms with Crippen LogP contribution < -0.4 is 11.2 Å². The van der Waals surface area contributed by atoms with E-state index in [2.05, 4.69) is 0 Å². The minimum absolute atomic E-state index is 0.0325. The Kier molecular flexibility index (Phi) is 5.49. The fraction of sp³-hybridized carbons (Fsp3) is 0.625. The van der Waals surface area contributed by atoms with E-state index in [4.69, 9.17) is 0 Å². The monoisotopic (exact) mass is 439 g/mol. The summed E-state index contributed by atoms with van der Waals surface area (Å²) < 4.78 is 65.5. The number of fused-ring (bicyclic) bond motifs is 1. The summed E-state index contributed by atoms with van der Waals surface area (Å²) in [4.78, 5) is 26.0. The van der Waals surface area contributed by atoms with Crippen LogP contribution in [0.3, 0.4) is 0 Å². The van der Waals surface area contributed by atoms with Gasteiger partial charge in [0.2, 0.25) is 10.0 Å². The molecular formula is C16H20F3N3O4S2. The van der Waals surface area contributed by atoms with E-state index in [0.29, 0.717) is 23.4 Å². The SMILES string of the molecule is CCn1c(=O)c2c(C)c(CN3CCCS3(=O)=O)sc2n(CCC(F)(F)F)c1=O. The first-order valence-electron chi connectivity index (χ1n) is 8.76. The molecule has 156 valence electrons. The van der Waals surface area contributed by atoms with Gasteiger partial charge in [-0.15, -0.1) is 11.3 Å². The zero-order valence-corrected chi connectivity index (χ0v) is 17.0. The first-order chi connectivity index (χ1) is 13.0. The van der Waals surface area contributed by atoms with Gasteiger partial charge in [-0.1, -0.05) is 0 Å². The van der Waals surface area contributed by atoms with Crippen LogP contribution >= 0.6 is 11.3 Å². The predicted octanol–water partition coefficient (Wildman–Crippen LogP) is 2.04. The van der Waals surface area contributed by atoms with Crippen molar-refractivity contribution in [2.75, 3.05) is 12.3 Å². The summed E-state index contributed by atoms with van der Waals surface area (Å²) in [6.07, 6.45) is -5.14. The molecule has 0 aliphatic carbocycles. The van der Waals surface area contributed by atoms with Gasteiger partial charge in [0, 0.05) is 31.1 Å². The fourth-order valence-corrected chi connectivity index (χ4v) is 6.23. The smallest absolute Gasteiger partial charge is 0.284 e. The predicted molar refractivity (Wildman–Crippen MR) is 100 cm³/mol. The molecule has 0 unspecified atom stereocenters. The summed E-state index contributed by atoms with van der Waals surface area (Å²) in [6, 6.07) is 0. The molecular weight excluding hydrogens is 419 g/mol. The Morgan fingerprint density at radius 1 is 1.18 bits per heavy atom. The van der Waals surface area contributed by atoms with Gasteiger partial charge < -0.3 is 0 Å². The lowest BCUT2D eigenvalue weighted by Gasteiger charge is -2.13. The maximum absolute atomic E-state index is 12.7. The Balaban J connectivity index is 2.17. The number of thiophene rings is 1. The van der Waals surface area contributed by atoms with Crippen LogP contribution in [0.15, 0.2) is 9.59 Å². The summed E-state index contributed by atoms with van der Waals surface area (Å²) in [6.45, 7) is 3.05. The maximum Gasteiger partial charge on any atom is 0.390 e. The summed E-state index contributed by atoms with van der Waals surface area (Å²) in [7, 11) is -3.37. The van der Waals surface area contributed by atoms with Gasteiger partial charge in [-0.3, -0.25) is 13.9 Å². The summed E-state index contributed by atoms with van der Waals surface area (Å²) in [5.41, 5.74) is -0.837. The number of aromatic nitrogens is 2. The van der Waals surface area contributed by atoms with Gasteiger partial charge in [-0.2, -0.15) is 17.5 Å². The highest BCUT2D eigenvalue weighted by atomic mass is 32.2. The van der Waals surface area contributed by atoms with Crippen LogP contribution in [0.25, 0.3) is 10.2 Å². The molecule has 28 heavy (non-hydrogen) atoms. The molecule has 0 amide bonds. The fourth-order valence-electron chi connectivity index (χ4n) is 3.33. The van der Waals surface area contributed by atoms with Gasteiger partial charge in [0.25, 0.3) is 5.56 Å². The van der Waals surface area contributed by atoms with Crippen molar-refractivity contribution in [3.8, 4) is 0 Å². The quantitative estimate of drug-likeness (QED) is 0.714. The number of sulfonamides is 1. The van der Waals surface area contributed by atoms with E-state index in [0.717, 1.165) is 20.5 Å². The molecule has 1 aliphatic heterocycles. The zero-order valence-electron chi connectivity index (χ0n) is 15.4. The second-order valence-electron chi connectivity index (χ2n) is 6.68. The second-order valence-corrected chi connectivity index (χ2v) is 9.85. The topological polar surface area (TPSA) is 81.4 Å². The Labute approximate surface area is 163 Å². The minimum atomic E-state index is -4.45. The molecule has 0 radical (unpaired) electrons. The molecule has 0 bridgehead atoms. The van der Waals surface area contributed by atoms with Crippen molar-refractivity contribution in [1.29, 1.82) is 0 Å². The van der Waals surface area contributed by atoms with Crippen LogP contribution in [0.1, 0.15) is 30.2 Å². The van der Waals surface area contributed by atoms with E-state index >= 15 is 0 Å². The van der Waals surface area contributed by atoms with Crippen molar-refractivity contribution >= 4 is 31.6 Å². The van der Waals surface area contributed by atoms with E-state index in [1.54, 1.807) is 13.8 Å². The lowest BCUT2D eigenvalue weighted by molar-refractivity contribution is -0.136. The highest BCUT2D eigenvalue weighted by molar-refractivity contribution is 7.89. The van der Waals surface area contributed by atoms with E-state index < -0.39 is 40.4 Å². The standard InChI is InChI=1S/C16H20F3N3O4S2/c1-3-21-13(23)12-10(2)11(9-20-6-4-8-28(20,25)26)27-14(12)22(15(21)24)7-5-16(17,18)19/h3-9H2,1-2H3. The summed E-state index contributed by atoms with van der Waals surface area (Å²) >= 11 is 1.01. The first kappa shape index (κ1) is 21.1. The molecule has 0 aromatic carbocycles. The number of hydrogen-bond donors (Lipinski definition) is 0. The van der Waals surface area contributed by atoms with Crippen LogP contribution in [-0.2, 0) is 29.7 Å². The zero-order chi connectivity index (χ0) is 20.9. The van der Waals surface area contributed by atoms with Gasteiger partial charge in [-0.25, -0.2) is 13.2 Å². The van der Waals surface area contributed by atoms with Crippen LogP contribution in [-0.4, -0.2) is 40.3 Å². The third kappa shape index (κ3) is 3.77. The Hall–Kier alpha value is -1.66. The van der Waals surface area contributed by atoms with Crippen molar-refractivity contribution in [1.82, 2.24) is 13.4 Å². The lowest BCUT2D eigenvalue weighted by Crippen LogP contribution is -2.39. The third-order valence-electron chi connectivity index (χ3n) is 4.85. The van der Waals surface area contributed by atoms with E-state index in [9.17, 15) is 31.2 Å². The van der Waals surface area contributed by atoms with Crippen molar-refractivity contribution in [3.05, 3.63) is 31.3 Å². The van der Waals surface area contributed by atoms with Crippen molar-refractivity contribution < 1.29 is 21.6 Å². The first-order valence-corrected chi connectivity index (χ1v) is 11.2. The number of rotatable bonds is 5. The molecule has 1 aliphatic rings. The maximum atomic E-state index is 12.7. The van der Waals surface area contributed by atoms with Gasteiger partial charge >= 0.3 is 11.9 Å². The molecule has 0 saturated carbocycles. The molecule has 3 rings (SSSR count). The molecule has 0 spiro atoms. The molecule has 0 N–H and O–H groups in total. The average Bonchev–Trinajstić information content (AvgIpc) is 3.07. The number of halogens is 3. The van der Waals surface area contributed by atoms with Crippen LogP contribution in [0, 0.1) is 6.92 Å². The van der Waals surface area contributed by atoms with E-state index in [1.165, 1.54) is 4.31 Å². The Morgan fingerprint density at radius 2 is 1.86 bits per heavy atom. The summed E-state index contributed by atoms with van der Waals surface area (Å²) in [5, 5.41) is 0.181. The van der Waals surface area contributed by atoms with Crippen molar-refractivity contribution in [2.45, 2.75) is 52.5 Å². The molecule has 7 nitrogen and oxygen atoms in total. The number of alkyl halides is 3. The normalized spacial score (nSPS) is 17.6. The van der Waals surface area contributed by atoms with Crippen molar-refractivity contribution in [2.24, 2.45) is 0 Å². The number of nitrogens with zero attached hydrogens (tertiary/aromatic N) is 3. The highest BCUT2D eigenvalue weighted by Crippen LogP contribution is 2.31. The van der Waals surface area contributed by atoms with Gasteiger partial charge in [-0.05, 0) is 25.8 Å². The van der Waals surface area contributed by atoms with Crippen molar-refractivity contribution in [3.63, 3.8) is 0 Å². The molecule has 2 aromatic heterocycles. The van der Waals surface area contributed by atoms with Crippen LogP contribution in [0.5, 0.6) is 0 Å². The average molecular weight is 439 g/mol. The molecule has 1 fully saturated rings. The van der Waals surface area contributed by atoms with Gasteiger partial charge in [0.05, 0.1) is 17.6 Å². The molecule has 3 heterocycles. The van der Waals surface area contributed by atoms with E-state index in [1.807, 2.05) is 0 Å². The molecule has 2 aromatic rings. The molecule has 0 atom stereocenters. The summed E-state index contributed by atoms with van der Waals surface area (Å²) in [5.74, 6) is 0.0515. The molecule has 12 heteroatoms. The lowest BCUT2D eigenvalue weighted by atomic mass is 10.2. The highest BCUT2D eigenvalue weighted by Gasteiger charge is 2.31. The third-order valence-corrected chi connectivity index (χ3v) is 8.05. The van der Waals surface area contributed by atoms with Gasteiger partial charge in [0.1, 0.15) is 4.83 Å². The number of aryl methyl sites for hydroxylation is 2. The van der Waals surface area contributed by atoms with Gasteiger partial charge in [0.15, 0.2) is 0 Å². The van der Waals surface area contributed by atoms with E-state index in [-0.39, 0.29) is 29.1 Å². The van der Waals surface area contributed by atoms with Crippen LogP contribution in [0.2, 0.25) is 0 Å². The Bertz CT molecular complexity index is 1130. The molecule has 1 saturated heterocycles. The largest absolute Gasteiger partial charge is 0.390 e. The minimum Gasteiger partial charge on any atom is -0.284 e. The van der Waals surface area contributed by atoms with Crippen LogP contribution in [0.4, 0.5) is 13.2 Å². The second kappa shape index (κ2) is 7.30. The number of hydrogen-bond acceptors (Lipinski definition) is 5.